The molecule has 8 heteroatoms. The minimum absolute atomic E-state index is 0.0332. The fourth-order valence-corrected chi connectivity index (χ4v) is 1.99. The number of aromatic nitrogens is 2. The van der Waals surface area contributed by atoms with Crippen LogP contribution in [0, 0.1) is 10.1 Å². The molecule has 8 nitrogen and oxygen atoms in total. The SMILES string of the molecule is CCN(CC)c1ccc(-[n+]2cc([O-])on2)cc1[N+](=O)[O-]. The average Bonchev–Trinajstić information content (AvgIpc) is 2.87. The second-order valence-corrected chi connectivity index (χ2v) is 4.07. The van der Waals surface area contributed by atoms with Gasteiger partial charge in [-0.2, -0.15) is 0 Å². The minimum atomic E-state index is -0.611. The van der Waals surface area contributed by atoms with E-state index in [2.05, 4.69) is 9.79 Å². The van der Waals surface area contributed by atoms with Crippen molar-refractivity contribution in [1.82, 2.24) is 5.27 Å². The van der Waals surface area contributed by atoms with Crippen molar-refractivity contribution in [3.8, 4) is 11.6 Å². The lowest BCUT2D eigenvalue weighted by atomic mass is 10.2. The van der Waals surface area contributed by atoms with Gasteiger partial charge in [0.1, 0.15) is 11.6 Å². The van der Waals surface area contributed by atoms with E-state index in [0.29, 0.717) is 24.5 Å². The maximum Gasteiger partial charge on any atom is 0.299 e. The van der Waals surface area contributed by atoms with Gasteiger partial charge in [0.15, 0.2) is 0 Å². The van der Waals surface area contributed by atoms with Gasteiger partial charge < -0.3 is 14.5 Å². The molecule has 20 heavy (non-hydrogen) atoms. The third-order valence-corrected chi connectivity index (χ3v) is 2.97. The van der Waals surface area contributed by atoms with Gasteiger partial charge in [-0.1, -0.05) is 0 Å². The topological polar surface area (TPSA) is 99.3 Å². The van der Waals surface area contributed by atoms with Gasteiger partial charge in [-0.05, 0) is 24.6 Å². The number of nitro groups is 1. The van der Waals surface area contributed by atoms with Crippen LogP contribution in [-0.4, -0.2) is 23.3 Å². The summed E-state index contributed by atoms with van der Waals surface area (Å²) in [5.41, 5.74) is 0.905. The molecule has 0 saturated carbocycles. The fraction of sp³-hybridized carbons (Fsp3) is 0.333. The summed E-state index contributed by atoms with van der Waals surface area (Å²) in [5, 5.41) is 25.7. The molecule has 0 unspecified atom stereocenters. The standard InChI is InChI=1S/C12H14N4O4/c1-3-14(4-2)10-6-5-9(7-11(10)16(18)19)15-8-12(17)20-13-15/h5-8H,3-4H2,1-2H3. The molecule has 0 aliphatic carbocycles. The highest BCUT2D eigenvalue weighted by Crippen LogP contribution is 2.29. The Morgan fingerprint density at radius 3 is 2.60 bits per heavy atom. The van der Waals surface area contributed by atoms with Crippen molar-refractivity contribution in [1.29, 1.82) is 0 Å². The van der Waals surface area contributed by atoms with Crippen LogP contribution in [-0.2, 0) is 0 Å². The summed E-state index contributed by atoms with van der Waals surface area (Å²) in [6.07, 6.45) is 1.12. The molecule has 0 fully saturated rings. The predicted octanol–water partition coefficient (Wildman–Crippen LogP) is 0.779. The summed E-state index contributed by atoms with van der Waals surface area (Å²) in [4.78, 5) is 12.6. The third kappa shape index (κ3) is 2.53. The van der Waals surface area contributed by atoms with E-state index in [1.54, 1.807) is 12.1 Å². The highest BCUT2D eigenvalue weighted by atomic mass is 16.6. The molecule has 0 N–H and O–H groups in total. The molecule has 2 aromatic rings. The fourth-order valence-electron chi connectivity index (χ4n) is 1.99. The van der Waals surface area contributed by atoms with Crippen molar-refractivity contribution in [3.05, 3.63) is 34.5 Å². The third-order valence-electron chi connectivity index (χ3n) is 2.97. The van der Waals surface area contributed by atoms with Crippen LogP contribution >= 0.6 is 0 Å². The maximum absolute atomic E-state index is 11.2. The molecule has 2 rings (SSSR count). The lowest BCUT2D eigenvalue weighted by Crippen LogP contribution is -2.32. The maximum atomic E-state index is 11.2. The highest BCUT2D eigenvalue weighted by Gasteiger charge is 2.22. The zero-order valence-corrected chi connectivity index (χ0v) is 11.1. The molecule has 106 valence electrons. The number of nitro benzene ring substituents is 1. The number of nitrogens with zero attached hydrogens (tertiary/aromatic N) is 4. The summed E-state index contributed by atoms with van der Waals surface area (Å²) in [6.45, 7) is 5.19. The summed E-state index contributed by atoms with van der Waals surface area (Å²) < 4.78 is 5.58. The molecule has 1 aromatic heterocycles. The first-order valence-corrected chi connectivity index (χ1v) is 6.16. The number of benzene rings is 1. The number of hydrogen-bond acceptors (Lipinski definition) is 6. The van der Waals surface area contributed by atoms with Crippen LogP contribution in [0.3, 0.4) is 0 Å². The van der Waals surface area contributed by atoms with Crippen molar-refractivity contribution < 1.29 is 19.2 Å². The van der Waals surface area contributed by atoms with Crippen LogP contribution in [0.5, 0.6) is 5.95 Å². The van der Waals surface area contributed by atoms with E-state index < -0.39 is 10.9 Å². The van der Waals surface area contributed by atoms with Gasteiger partial charge in [0.05, 0.1) is 16.3 Å². The van der Waals surface area contributed by atoms with E-state index in [1.807, 2.05) is 18.7 Å². The molecule has 0 saturated heterocycles. The molecule has 0 bridgehead atoms. The Labute approximate surface area is 115 Å². The quantitative estimate of drug-likeness (QED) is 0.455. The minimum Gasteiger partial charge on any atom is -0.539 e. The van der Waals surface area contributed by atoms with Gasteiger partial charge in [-0.15, -0.1) is 0 Å². The van der Waals surface area contributed by atoms with E-state index in [1.165, 1.54) is 10.7 Å². The van der Waals surface area contributed by atoms with E-state index in [-0.39, 0.29) is 5.69 Å². The number of rotatable bonds is 5. The lowest BCUT2D eigenvalue weighted by Gasteiger charge is -2.20. The predicted molar refractivity (Wildman–Crippen MR) is 67.7 cm³/mol. The Bertz CT molecular complexity index is 622. The summed E-state index contributed by atoms with van der Waals surface area (Å²) in [5.74, 6) is -0.611. The second-order valence-electron chi connectivity index (χ2n) is 4.07. The molecular weight excluding hydrogens is 264 g/mol. The van der Waals surface area contributed by atoms with Crippen molar-refractivity contribution >= 4 is 11.4 Å². The van der Waals surface area contributed by atoms with Crippen molar-refractivity contribution in [3.63, 3.8) is 0 Å². The number of anilines is 1. The second kappa shape index (κ2) is 5.55. The Balaban J connectivity index is 2.50. The zero-order chi connectivity index (χ0) is 14.7. The van der Waals surface area contributed by atoms with E-state index in [0.717, 1.165) is 6.20 Å². The lowest BCUT2D eigenvalue weighted by molar-refractivity contribution is -0.670. The van der Waals surface area contributed by atoms with Gasteiger partial charge in [0, 0.05) is 19.2 Å². The van der Waals surface area contributed by atoms with Crippen molar-refractivity contribution in [2.24, 2.45) is 0 Å². The van der Waals surface area contributed by atoms with Gasteiger partial charge in [-0.25, -0.2) is 0 Å². The summed E-state index contributed by atoms with van der Waals surface area (Å²) in [6, 6.07) is 4.67. The molecule has 0 aliphatic heterocycles. The Hall–Kier alpha value is -2.64. The molecule has 0 amide bonds. The van der Waals surface area contributed by atoms with Crippen molar-refractivity contribution in [2.45, 2.75) is 13.8 Å². The van der Waals surface area contributed by atoms with Gasteiger partial charge in [-0.3, -0.25) is 10.1 Å². The molecular formula is C12H14N4O4. The van der Waals surface area contributed by atoms with E-state index >= 15 is 0 Å². The normalized spacial score (nSPS) is 10.5. The molecule has 1 heterocycles. The van der Waals surface area contributed by atoms with Crippen LogP contribution in [0.1, 0.15) is 13.8 Å². The first kappa shape index (κ1) is 13.8. The molecule has 0 spiro atoms. The smallest absolute Gasteiger partial charge is 0.299 e. The monoisotopic (exact) mass is 278 g/mol. The van der Waals surface area contributed by atoms with Crippen LogP contribution in [0.15, 0.2) is 28.9 Å². The first-order chi connectivity index (χ1) is 9.56. The van der Waals surface area contributed by atoms with Crippen LogP contribution in [0.4, 0.5) is 11.4 Å². The van der Waals surface area contributed by atoms with Gasteiger partial charge >= 0.3 is 0 Å². The van der Waals surface area contributed by atoms with Crippen LogP contribution in [0.25, 0.3) is 5.69 Å². The van der Waals surface area contributed by atoms with Crippen LogP contribution < -0.4 is 14.7 Å². The van der Waals surface area contributed by atoms with Gasteiger partial charge in [0.2, 0.25) is 11.9 Å². The van der Waals surface area contributed by atoms with Gasteiger partial charge in [0.25, 0.3) is 5.69 Å². The molecule has 1 aromatic carbocycles. The Morgan fingerprint density at radius 1 is 1.40 bits per heavy atom. The summed E-state index contributed by atoms with van der Waals surface area (Å²) in [7, 11) is 0. The van der Waals surface area contributed by atoms with Crippen LogP contribution in [0.2, 0.25) is 0 Å². The Morgan fingerprint density at radius 2 is 2.10 bits per heavy atom. The van der Waals surface area contributed by atoms with Crippen molar-refractivity contribution in [2.75, 3.05) is 18.0 Å². The van der Waals surface area contributed by atoms with E-state index in [4.69, 9.17) is 0 Å². The molecule has 0 atom stereocenters. The molecule has 0 radical (unpaired) electrons. The number of hydrogen-bond donors (Lipinski definition) is 0. The highest BCUT2D eigenvalue weighted by molar-refractivity contribution is 5.65. The Kier molecular flexibility index (Phi) is 3.83. The summed E-state index contributed by atoms with van der Waals surface area (Å²) >= 11 is 0. The largest absolute Gasteiger partial charge is 0.539 e. The zero-order valence-electron chi connectivity index (χ0n) is 11.1. The molecule has 0 aliphatic rings. The first-order valence-electron chi connectivity index (χ1n) is 6.16. The average molecular weight is 278 g/mol. The van der Waals surface area contributed by atoms with E-state index in [9.17, 15) is 15.2 Å².